The van der Waals surface area contributed by atoms with E-state index in [4.69, 9.17) is 37.0 Å². The number of esters is 4. The molecule has 0 heterocycles. The summed E-state index contributed by atoms with van der Waals surface area (Å²) >= 11 is 0. The van der Waals surface area contributed by atoms with Crippen LogP contribution in [-0.4, -0.2) is 96.7 Å². The van der Waals surface area contributed by atoms with Crippen molar-refractivity contribution in [1.29, 1.82) is 0 Å². The predicted molar refractivity (Wildman–Crippen MR) is 432 cm³/mol. The molecule has 2 unspecified atom stereocenters. The first kappa shape index (κ1) is 103. The highest BCUT2D eigenvalue weighted by molar-refractivity contribution is 7.47. The highest BCUT2D eigenvalue weighted by Gasteiger charge is 2.30. The zero-order valence-corrected chi connectivity index (χ0v) is 70.8. The van der Waals surface area contributed by atoms with Crippen molar-refractivity contribution in [3.8, 4) is 0 Å². The second kappa shape index (κ2) is 77.4. The lowest BCUT2D eigenvalue weighted by Crippen LogP contribution is -2.30. The van der Waals surface area contributed by atoms with Crippen molar-refractivity contribution in [2.24, 2.45) is 11.8 Å². The van der Waals surface area contributed by atoms with Gasteiger partial charge in [-0.1, -0.05) is 408 Å². The maximum atomic E-state index is 13.1. The van der Waals surface area contributed by atoms with Gasteiger partial charge in [-0.2, -0.15) is 0 Å². The van der Waals surface area contributed by atoms with Gasteiger partial charge in [0.2, 0.25) is 0 Å². The Bertz CT molecular complexity index is 2010. The van der Waals surface area contributed by atoms with E-state index in [2.05, 4.69) is 41.5 Å². The quantitative estimate of drug-likeness (QED) is 0.0222. The number of phosphoric acid groups is 2. The first-order valence-electron chi connectivity index (χ1n) is 44.5. The summed E-state index contributed by atoms with van der Waals surface area (Å²) in [7, 11) is -9.93. The van der Waals surface area contributed by atoms with Gasteiger partial charge in [-0.15, -0.1) is 0 Å². The van der Waals surface area contributed by atoms with Crippen LogP contribution in [0, 0.1) is 11.8 Å². The maximum absolute atomic E-state index is 13.1. The van der Waals surface area contributed by atoms with Crippen molar-refractivity contribution in [1.82, 2.24) is 0 Å². The minimum Gasteiger partial charge on any atom is -0.462 e. The van der Waals surface area contributed by atoms with Crippen molar-refractivity contribution < 1.29 is 80.2 Å². The summed E-state index contributed by atoms with van der Waals surface area (Å²) in [4.78, 5) is 73.2. The molecule has 0 fully saturated rings. The SMILES string of the molecule is CCCCCCCCCCCCCCCCCCCCCCCC(=O)O[C@H](COC(=O)CCCCCCCCCCCCCCCCCC(C)C)COP(=O)(O)OC[C@@H](O)COP(=O)(O)OC[C@@H](COC(=O)CCCCCCCCCCC)OC(=O)CCCCCCCCCCCCCCCCC(C)C. The molecule has 5 atom stereocenters. The molecule has 0 saturated heterocycles. The molecular weight excluding hydrogens is 1370 g/mol. The van der Waals surface area contributed by atoms with Gasteiger partial charge in [-0.05, 0) is 37.5 Å². The lowest BCUT2D eigenvalue weighted by molar-refractivity contribution is -0.161. The second-order valence-electron chi connectivity index (χ2n) is 31.9. The van der Waals surface area contributed by atoms with E-state index in [0.29, 0.717) is 25.7 Å². The molecule has 3 N–H and O–H groups in total. The van der Waals surface area contributed by atoms with Crippen LogP contribution in [0.2, 0.25) is 0 Å². The average molecular weight is 1540 g/mol. The van der Waals surface area contributed by atoms with E-state index in [0.717, 1.165) is 102 Å². The van der Waals surface area contributed by atoms with E-state index in [-0.39, 0.29) is 25.7 Å². The third-order valence-electron chi connectivity index (χ3n) is 20.2. The molecule has 624 valence electrons. The van der Waals surface area contributed by atoms with Gasteiger partial charge in [0.05, 0.1) is 26.4 Å². The molecule has 0 rings (SSSR count). The normalized spacial score (nSPS) is 13.8. The van der Waals surface area contributed by atoms with Crippen molar-refractivity contribution in [2.45, 2.75) is 477 Å². The Balaban J connectivity index is 5.21. The van der Waals surface area contributed by atoms with E-state index < -0.39 is 97.5 Å². The smallest absolute Gasteiger partial charge is 0.462 e. The summed E-state index contributed by atoms with van der Waals surface area (Å²) < 4.78 is 68.9. The summed E-state index contributed by atoms with van der Waals surface area (Å²) in [6.07, 6.45) is 69.5. The summed E-state index contributed by atoms with van der Waals surface area (Å²) in [5.74, 6) is -0.502. The standard InChI is InChI=1S/C86H168O17P2/c1-7-9-11-13-15-17-18-19-20-21-22-23-24-25-28-35-40-46-52-58-64-70-86(91)103-82(75-97-84(89)69-63-57-51-45-39-34-29-26-27-32-37-43-48-54-60-66-78(3)4)77-101-105(94,95)99-73-80(87)72-98-104(92,93)100-76-81(74-96-83(88)68-62-56-50-42-16-14-12-10-8-2)102-85(90)71-65-59-53-47-41-36-31-30-33-38-44-49-55-61-67-79(5)6/h78-82,87H,7-77H2,1-6H3,(H,92,93)(H,94,95)/t80-,81+,82+/m0/s1. The van der Waals surface area contributed by atoms with Crippen molar-refractivity contribution in [3.05, 3.63) is 0 Å². The first-order valence-corrected chi connectivity index (χ1v) is 47.5. The Labute approximate surface area is 645 Å². The highest BCUT2D eigenvalue weighted by Crippen LogP contribution is 2.45. The van der Waals surface area contributed by atoms with Crippen LogP contribution in [0.3, 0.4) is 0 Å². The molecule has 0 aliphatic rings. The van der Waals surface area contributed by atoms with E-state index in [1.54, 1.807) is 0 Å². The second-order valence-corrected chi connectivity index (χ2v) is 34.8. The van der Waals surface area contributed by atoms with Crippen LogP contribution in [0.25, 0.3) is 0 Å². The van der Waals surface area contributed by atoms with Crippen LogP contribution in [0.4, 0.5) is 0 Å². The molecule has 0 aromatic carbocycles. The molecule has 105 heavy (non-hydrogen) atoms. The van der Waals surface area contributed by atoms with E-state index >= 15 is 0 Å². The Kier molecular flexibility index (Phi) is 76.0. The molecule has 0 aliphatic carbocycles. The van der Waals surface area contributed by atoms with Crippen LogP contribution in [-0.2, 0) is 65.4 Å². The van der Waals surface area contributed by atoms with Gasteiger partial charge in [-0.25, -0.2) is 9.13 Å². The molecule has 0 radical (unpaired) electrons. The largest absolute Gasteiger partial charge is 0.472 e. The number of carbonyl (C=O) groups is 4. The van der Waals surface area contributed by atoms with Crippen molar-refractivity contribution >= 4 is 39.5 Å². The number of hydrogen-bond donors (Lipinski definition) is 3. The number of carbonyl (C=O) groups excluding carboxylic acids is 4. The van der Waals surface area contributed by atoms with Crippen molar-refractivity contribution in [3.63, 3.8) is 0 Å². The number of phosphoric ester groups is 2. The molecule has 0 saturated carbocycles. The van der Waals surface area contributed by atoms with Crippen LogP contribution in [0.15, 0.2) is 0 Å². The van der Waals surface area contributed by atoms with Gasteiger partial charge in [0.1, 0.15) is 19.3 Å². The first-order chi connectivity index (χ1) is 50.9. The Morgan fingerprint density at radius 1 is 0.257 bits per heavy atom. The fourth-order valence-corrected chi connectivity index (χ4v) is 15.0. The zero-order valence-electron chi connectivity index (χ0n) is 69.0. The molecule has 0 spiro atoms. The lowest BCUT2D eigenvalue weighted by Gasteiger charge is -2.21. The van der Waals surface area contributed by atoms with Gasteiger partial charge < -0.3 is 33.8 Å². The Morgan fingerprint density at radius 3 is 0.648 bits per heavy atom. The fourth-order valence-electron chi connectivity index (χ4n) is 13.4. The van der Waals surface area contributed by atoms with Crippen LogP contribution in [0.5, 0.6) is 0 Å². The molecule has 0 amide bonds. The van der Waals surface area contributed by atoms with E-state index in [1.165, 1.54) is 276 Å². The van der Waals surface area contributed by atoms with E-state index in [9.17, 15) is 43.2 Å². The summed E-state index contributed by atoms with van der Waals surface area (Å²) in [5.41, 5.74) is 0. The molecular formula is C86H168O17P2. The highest BCUT2D eigenvalue weighted by atomic mass is 31.2. The third-order valence-corrected chi connectivity index (χ3v) is 22.1. The topological polar surface area (TPSA) is 237 Å². The monoisotopic (exact) mass is 1540 g/mol. The van der Waals surface area contributed by atoms with Gasteiger partial charge in [0.25, 0.3) is 0 Å². The van der Waals surface area contributed by atoms with Crippen LogP contribution in [0.1, 0.15) is 459 Å². The average Bonchev–Trinajstić information content (AvgIpc) is 0.914. The molecule has 0 aliphatic heterocycles. The summed E-state index contributed by atoms with van der Waals surface area (Å²) in [6.45, 7) is 9.70. The van der Waals surface area contributed by atoms with Gasteiger partial charge in [-0.3, -0.25) is 37.3 Å². The molecule has 0 aromatic heterocycles. The zero-order chi connectivity index (χ0) is 77.1. The van der Waals surface area contributed by atoms with Gasteiger partial charge in [0, 0.05) is 25.7 Å². The molecule has 19 heteroatoms. The number of hydrogen-bond acceptors (Lipinski definition) is 15. The van der Waals surface area contributed by atoms with Gasteiger partial charge in [0.15, 0.2) is 12.2 Å². The number of unbranched alkanes of at least 4 members (excludes halogenated alkanes) is 55. The fraction of sp³-hybridized carbons (Fsp3) is 0.953. The maximum Gasteiger partial charge on any atom is 0.472 e. The van der Waals surface area contributed by atoms with Crippen molar-refractivity contribution in [2.75, 3.05) is 39.6 Å². The third kappa shape index (κ3) is 79.9. The molecule has 0 bridgehead atoms. The number of aliphatic hydroxyl groups is 1. The summed E-state index contributed by atoms with van der Waals surface area (Å²) in [6, 6.07) is 0. The number of ether oxygens (including phenoxy) is 4. The predicted octanol–water partition coefficient (Wildman–Crippen LogP) is 26.2. The number of rotatable bonds is 85. The minimum atomic E-state index is -4.97. The van der Waals surface area contributed by atoms with Gasteiger partial charge >= 0.3 is 39.5 Å². The minimum absolute atomic E-state index is 0.108. The summed E-state index contributed by atoms with van der Waals surface area (Å²) in [5, 5.41) is 10.7. The van der Waals surface area contributed by atoms with Crippen LogP contribution >= 0.6 is 15.6 Å². The molecule has 17 nitrogen and oxygen atoms in total. The van der Waals surface area contributed by atoms with E-state index in [1.807, 2.05) is 0 Å². The lowest BCUT2D eigenvalue weighted by atomic mass is 10.0. The molecule has 0 aromatic rings. The Hall–Kier alpha value is -1.94. The van der Waals surface area contributed by atoms with Crippen LogP contribution < -0.4 is 0 Å². The Morgan fingerprint density at radius 2 is 0.438 bits per heavy atom. The number of aliphatic hydroxyl groups excluding tert-OH is 1.